The van der Waals surface area contributed by atoms with Gasteiger partial charge in [-0.1, -0.05) is 161 Å². The maximum absolute atomic E-state index is 3.64. The van der Waals surface area contributed by atoms with E-state index >= 15 is 0 Å². The second-order valence-electron chi connectivity index (χ2n) is 13.9. The second-order valence-corrected chi connectivity index (χ2v) is 14.8. The summed E-state index contributed by atoms with van der Waals surface area (Å²) in [6.07, 6.45) is 15.0. The van der Waals surface area contributed by atoms with Crippen molar-refractivity contribution in [2.45, 2.75) is 96.8 Å². The molecular weight excluding hydrogens is 634 g/mol. The molecule has 242 valence electrons. The molecule has 0 atom stereocenters. The quantitative estimate of drug-likeness (QED) is 0.0992. The molecule has 0 saturated heterocycles. The number of aryl methyl sites for hydroxylation is 1. The molecule has 0 spiro atoms. The van der Waals surface area contributed by atoms with Crippen LogP contribution in [0.1, 0.15) is 102 Å². The lowest BCUT2D eigenvalue weighted by molar-refractivity contribution is 0.556. The van der Waals surface area contributed by atoms with Crippen LogP contribution in [0.25, 0.3) is 22.3 Å². The van der Waals surface area contributed by atoms with Gasteiger partial charge in [0.25, 0.3) is 0 Å². The molecule has 0 radical (unpaired) electrons. The van der Waals surface area contributed by atoms with Crippen molar-refractivity contribution in [2.24, 2.45) is 0 Å². The normalized spacial score (nSPS) is 12.9. The maximum Gasteiger partial charge on any atom is 0.0465 e. The Kier molecular flexibility index (Phi) is 11.0. The van der Waals surface area contributed by atoms with E-state index in [2.05, 4.69) is 157 Å². The zero-order valence-electron chi connectivity index (χ0n) is 28.6. The standard InChI is InChI=1S/C45H50BrN/c1-4-5-6-7-8-9-10-11-12-13-16-34-19-21-35(22-20-34)36-23-27-38(28-24-36)47(39-29-25-37(46)26-30-39)40-31-32-42-41-17-14-15-18-43(41)45(2,3)44(42)33-40/h14-15,17-33H,4-13,16H2,1-3H3. The first-order valence-corrected chi connectivity index (χ1v) is 18.7. The molecule has 1 aliphatic rings. The van der Waals surface area contributed by atoms with Gasteiger partial charge in [0.2, 0.25) is 0 Å². The molecule has 0 aromatic heterocycles. The minimum atomic E-state index is -0.0447. The van der Waals surface area contributed by atoms with Crippen molar-refractivity contribution in [3.63, 3.8) is 0 Å². The van der Waals surface area contributed by atoms with E-state index in [1.165, 1.54) is 115 Å². The predicted octanol–water partition coefficient (Wildman–Crippen LogP) is 14.4. The molecule has 0 aliphatic heterocycles. The van der Waals surface area contributed by atoms with Crippen LogP contribution in [-0.2, 0) is 11.8 Å². The fourth-order valence-corrected chi connectivity index (χ4v) is 7.62. The third kappa shape index (κ3) is 7.76. The molecule has 6 rings (SSSR count). The highest BCUT2D eigenvalue weighted by Crippen LogP contribution is 2.50. The van der Waals surface area contributed by atoms with Gasteiger partial charge in [0.1, 0.15) is 0 Å². The molecule has 2 heteroatoms. The topological polar surface area (TPSA) is 3.24 Å². The molecule has 0 saturated carbocycles. The van der Waals surface area contributed by atoms with E-state index in [1.807, 2.05) is 0 Å². The summed E-state index contributed by atoms with van der Waals surface area (Å²) < 4.78 is 1.08. The summed E-state index contributed by atoms with van der Waals surface area (Å²) in [7, 11) is 0. The largest absolute Gasteiger partial charge is 0.310 e. The first-order valence-electron chi connectivity index (χ1n) is 17.9. The molecule has 0 N–H and O–H groups in total. The number of unbranched alkanes of at least 4 members (excludes halogenated alkanes) is 9. The van der Waals surface area contributed by atoms with Crippen LogP contribution >= 0.6 is 15.9 Å². The summed E-state index contributed by atoms with van der Waals surface area (Å²) in [6.45, 7) is 6.99. The monoisotopic (exact) mass is 683 g/mol. The number of rotatable bonds is 15. The Hall–Kier alpha value is -3.62. The van der Waals surface area contributed by atoms with Gasteiger partial charge in [0, 0.05) is 26.9 Å². The van der Waals surface area contributed by atoms with Gasteiger partial charge in [0.15, 0.2) is 0 Å². The molecule has 0 amide bonds. The summed E-state index contributed by atoms with van der Waals surface area (Å²) in [5, 5.41) is 0. The zero-order chi connectivity index (χ0) is 32.6. The summed E-state index contributed by atoms with van der Waals surface area (Å²) in [5.41, 5.74) is 12.9. The molecule has 1 nitrogen and oxygen atoms in total. The third-order valence-electron chi connectivity index (χ3n) is 10.1. The number of nitrogens with zero attached hydrogens (tertiary/aromatic N) is 1. The Morgan fingerprint density at radius 1 is 0.511 bits per heavy atom. The van der Waals surface area contributed by atoms with Crippen LogP contribution in [0.4, 0.5) is 17.1 Å². The number of benzene rings is 5. The molecule has 0 bridgehead atoms. The number of hydrogen-bond acceptors (Lipinski definition) is 1. The van der Waals surface area contributed by atoms with E-state index < -0.39 is 0 Å². The number of halogens is 1. The van der Waals surface area contributed by atoms with Crippen molar-refractivity contribution in [1.82, 2.24) is 0 Å². The van der Waals surface area contributed by atoms with Gasteiger partial charge in [-0.3, -0.25) is 0 Å². The Morgan fingerprint density at radius 3 is 1.66 bits per heavy atom. The summed E-state index contributed by atoms with van der Waals surface area (Å²) in [6, 6.07) is 42.8. The molecular formula is C45H50BrN. The van der Waals surface area contributed by atoms with Gasteiger partial charge in [-0.25, -0.2) is 0 Å². The smallest absolute Gasteiger partial charge is 0.0465 e. The van der Waals surface area contributed by atoms with E-state index in [0.717, 1.165) is 15.8 Å². The van der Waals surface area contributed by atoms with Crippen molar-refractivity contribution in [3.8, 4) is 22.3 Å². The van der Waals surface area contributed by atoms with E-state index in [-0.39, 0.29) is 5.41 Å². The van der Waals surface area contributed by atoms with Gasteiger partial charge in [0.05, 0.1) is 0 Å². The van der Waals surface area contributed by atoms with Gasteiger partial charge in [-0.05, 0) is 100 Å². The second kappa shape index (κ2) is 15.5. The highest BCUT2D eigenvalue weighted by Gasteiger charge is 2.35. The number of fused-ring (bicyclic) bond motifs is 3. The molecule has 0 fully saturated rings. The van der Waals surface area contributed by atoms with Crippen molar-refractivity contribution in [3.05, 3.63) is 136 Å². The fraction of sp³-hybridized carbons (Fsp3) is 0.333. The Morgan fingerprint density at radius 2 is 1.02 bits per heavy atom. The summed E-state index contributed by atoms with van der Waals surface area (Å²) in [4.78, 5) is 2.38. The highest BCUT2D eigenvalue weighted by molar-refractivity contribution is 9.10. The van der Waals surface area contributed by atoms with Gasteiger partial charge in [-0.2, -0.15) is 0 Å². The Labute approximate surface area is 292 Å². The number of hydrogen-bond donors (Lipinski definition) is 0. The average Bonchev–Trinajstić information content (AvgIpc) is 3.33. The maximum atomic E-state index is 3.64. The van der Waals surface area contributed by atoms with E-state index in [1.54, 1.807) is 0 Å². The Bertz CT molecular complexity index is 1730. The van der Waals surface area contributed by atoms with Gasteiger partial charge < -0.3 is 4.90 Å². The highest BCUT2D eigenvalue weighted by atomic mass is 79.9. The molecule has 5 aromatic carbocycles. The van der Waals surface area contributed by atoms with Crippen LogP contribution in [0.2, 0.25) is 0 Å². The molecule has 47 heavy (non-hydrogen) atoms. The summed E-state index contributed by atoms with van der Waals surface area (Å²) in [5.74, 6) is 0. The van der Waals surface area contributed by atoms with Crippen LogP contribution < -0.4 is 4.90 Å². The van der Waals surface area contributed by atoms with Crippen molar-refractivity contribution < 1.29 is 0 Å². The molecule has 1 aliphatic carbocycles. The van der Waals surface area contributed by atoms with E-state index in [9.17, 15) is 0 Å². The lowest BCUT2D eigenvalue weighted by Crippen LogP contribution is -2.16. The van der Waals surface area contributed by atoms with Crippen LogP contribution in [-0.4, -0.2) is 0 Å². The lowest BCUT2D eigenvalue weighted by Gasteiger charge is -2.28. The van der Waals surface area contributed by atoms with Crippen molar-refractivity contribution >= 4 is 33.0 Å². The molecule has 0 heterocycles. The van der Waals surface area contributed by atoms with E-state index in [4.69, 9.17) is 0 Å². The van der Waals surface area contributed by atoms with Crippen molar-refractivity contribution in [1.29, 1.82) is 0 Å². The van der Waals surface area contributed by atoms with Crippen LogP contribution in [0.5, 0.6) is 0 Å². The minimum absolute atomic E-state index is 0.0447. The fourth-order valence-electron chi connectivity index (χ4n) is 7.35. The van der Waals surface area contributed by atoms with Crippen LogP contribution in [0.15, 0.2) is 120 Å². The van der Waals surface area contributed by atoms with Crippen molar-refractivity contribution in [2.75, 3.05) is 4.90 Å². The minimum Gasteiger partial charge on any atom is -0.310 e. The van der Waals surface area contributed by atoms with E-state index in [0.29, 0.717) is 0 Å². The van der Waals surface area contributed by atoms with Gasteiger partial charge in [-0.15, -0.1) is 0 Å². The first-order chi connectivity index (χ1) is 23.0. The number of anilines is 3. The van der Waals surface area contributed by atoms with Gasteiger partial charge >= 0.3 is 0 Å². The Balaban J connectivity index is 1.14. The average molecular weight is 685 g/mol. The lowest BCUT2D eigenvalue weighted by atomic mass is 9.82. The SMILES string of the molecule is CCCCCCCCCCCCc1ccc(-c2ccc(N(c3ccc(Br)cc3)c3ccc4c(c3)C(C)(C)c3ccccc3-4)cc2)cc1. The first kappa shape index (κ1) is 33.3. The van der Waals surface area contributed by atoms with Crippen LogP contribution in [0.3, 0.4) is 0 Å². The predicted molar refractivity (Wildman–Crippen MR) is 207 cm³/mol. The zero-order valence-corrected chi connectivity index (χ0v) is 30.2. The molecule has 5 aromatic rings. The molecule has 0 unspecified atom stereocenters. The third-order valence-corrected chi connectivity index (χ3v) is 10.7. The van der Waals surface area contributed by atoms with Crippen LogP contribution in [0, 0.1) is 0 Å². The summed E-state index contributed by atoms with van der Waals surface area (Å²) >= 11 is 3.64.